The SMILES string of the molecule is C=CCNC(=O)N(CCN(C)C)c1nc2ccc(OC(F)(F)F)cc2s1. The zero-order chi connectivity index (χ0) is 19.3. The summed E-state index contributed by atoms with van der Waals surface area (Å²) in [4.78, 5) is 20.1. The molecular weight excluding hydrogens is 369 g/mol. The topological polar surface area (TPSA) is 57.7 Å². The first-order chi connectivity index (χ1) is 12.2. The number of halogens is 3. The van der Waals surface area contributed by atoms with Crippen molar-refractivity contribution in [2.24, 2.45) is 0 Å². The van der Waals surface area contributed by atoms with Gasteiger partial charge in [0, 0.05) is 25.7 Å². The highest BCUT2D eigenvalue weighted by Crippen LogP contribution is 2.33. The molecule has 26 heavy (non-hydrogen) atoms. The molecule has 6 nitrogen and oxygen atoms in total. The van der Waals surface area contributed by atoms with Crippen LogP contribution in [0.25, 0.3) is 10.2 Å². The molecule has 0 saturated carbocycles. The van der Waals surface area contributed by atoms with Gasteiger partial charge in [-0.15, -0.1) is 19.8 Å². The van der Waals surface area contributed by atoms with Crippen molar-refractivity contribution in [3.63, 3.8) is 0 Å². The van der Waals surface area contributed by atoms with Crippen LogP contribution in [-0.2, 0) is 0 Å². The lowest BCUT2D eigenvalue weighted by atomic mass is 10.3. The second-order valence-corrected chi connectivity index (χ2v) is 6.61. The van der Waals surface area contributed by atoms with Gasteiger partial charge >= 0.3 is 12.4 Å². The Kier molecular flexibility index (Phi) is 6.43. The summed E-state index contributed by atoms with van der Waals surface area (Å²) in [6.07, 6.45) is -3.20. The highest BCUT2D eigenvalue weighted by atomic mass is 32.1. The van der Waals surface area contributed by atoms with Crippen molar-refractivity contribution >= 4 is 32.7 Å². The number of urea groups is 1. The van der Waals surface area contributed by atoms with Gasteiger partial charge in [0.25, 0.3) is 0 Å². The van der Waals surface area contributed by atoms with Crippen molar-refractivity contribution in [3.8, 4) is 5.75 Å². The number of fused-ring (bicyclic) bond motifs is 1. The minimum absolute atomic E-state index is 0.297. The molecule has 0 fully saturated rings. The zero-order valence-corrected chi connectivity index (χ0v) is 15.2. The van der Waals surface area contributed by atoms with Gasteiger partial charge < -0.3 is 15.0 Å². The van der Waals surface area contributed by atoms with Crippen LogP contribution in [0.3, 0.4) is 0 Å². The summed E-state index contributed by atoms with van der Waals surface area (Å²) in [6, 6.07) is 3.54. The number of nitrogens with zero attached hydrogens (tertiary/aromatic N) is 3. The van der Waals surface area contributed by atoms with Crippen molar-refractivity contribution in [3.05, 3.63) is 30.9 Å². The van der Waals surface area contributed by atoms with E-state index in [0.29, 0.717) is 35.0 Å². The van der Waals surface area contributed by atoms with Crippen LogP contribution in [0, 0.1) is 0 Å². The fourth-order valence-corrected chi connectivity index (χ4v) is 3.06. The van der Waals surface area contributed by atoms with E-state index < -0.39 is 6.36 Å². The van der Waals surface area contributed by atoms with E-state index >= 15 is 0 Å². The quantitative estimate of drug-likeness (QED) is 0.738. The van der Waals surface area contributed by atoms with Crippen LogP contribution in [0.4, 0.5) is 23.1 Å². The number of carbonyl (C=O) groups excluding carboxylic acids is 1. The van der Waals surface area contributed by atoms with E-state index in [1.54, 1.807) is 6.08 Å². The Morgan fingerprint density at radius 2 is 2.12 bits per heavy atom. The second kappa shape index (κ2) is 8.37. The maximum absolute atomic E-state index is 12.4. The maximum Gasteiger partial charge on any atom is 0.573 e. The molecule has 1 aromatic carbocycles. The molecule has 2 aromatic rings. The number of ether oxygens (including phenoxy) is 1. The number of nitrogens with one attached hydrogen (secondary N) is 1. The van der Waals surface area contributed by atoms with Gasteiger partial charge in [0.1, 0.15) is 5.75 Å². The Morgan fingerprint density at radius 3 is 2.73 bits per heavy atom. The Labute approximate surface area is 152 Å². The Morgan fingerprint density at radius 1 is 1.38 bits per heavy atom. The number of amides is 2. The molecule has 1 N–H and O–H groups in total. The first-order valence-electron chi connectivity index (χ1n) is 7.67. The molecular formula is C16H19F3N4O2S. The van der Waals surface area contributed by atoms with E-state index in [1.807, 2.05) is 19.0 Å². The average Bonchev–Trinajstić information content (AvgIpc) is 2.94. The molecule has 0 saturated heterocycles. The van der Waals surface area contributed by atoms with Crippen molar-refractivity contribution in [1.29, 1.82) is 0 Å². The third kappa shape index (κ3) is 5.60. The number of alkyl halides is 3. The minimum atomic E-state index is -4.76. The minimum Gasteiger partial charge on any atom is -0.406 e. The third-order valence-electron chi connectivity index (χ3n) is 3.23. The maximum atomic E-state index is 12.4. The summed E-state index contributed by atoms with van der Waals surface area (Å²) < 4.78 is 41.5. The van der Waals surface area contributed by atoms with Gasteiger partial charge in [-0.05, 0) is 26.2 Å². The highest BCUT2D eigenvalue weighted by Gasteiger charge is 2.31. The number of hydrogen-bond donors (Lipinski definition) is 1. The molecule has 142 valence electrons. The average molecular weight is 388 g/mol. The van der Waals surface area contributed by atoms with E-state index in [1.165, 1.54) is 23.1 Å². The first kappa shape index (κ1) is 20.0. The lowest BCUT2D eigenvalue weighted by molar-refractivity contribution is -0.274. The number of likely N-dealkylation sites (N-methyl/N-ethyl adjacent to an activating group) is 1. The van der Waals surface area contributed by atoms with E-state index in [4.69, 9.17) is 0 Å². The molecule has 0 spiro atoms. The fraction of sp³-hybridized carbons (Fsp3) is 0.375. The number of anilines is 1. The molecule has 0 radical (unpaired) electrons. The zero-order valence-electron chi connectivity index (χ0n) is 14.3. The summed E-state index contributed by atoms with van der Waals surface area (Å²) in [5.41, 5.74) is 0.492. The Hall–Kier alpha value is -2.33. The summed E-state index contributed by atoms with van der Waals surface area (Å²) in [7, 11) is 3.75. The van der Waals surface area contributed by atoms with Gasteiger partial charge in [-0.3, -0.25) is 4.90 Å². The van der Waals surface area contributed by atoms with Gasteiger partial charge in [0.15, 0.2) is 5.13 Å². The smallest absolute Gasteiger partial charge is 0.406 e. The van der Waals surface area contributed by atoms with Crippen LogP contribution >= 0.6 is 11.3 Å². The summed E-state index contributed by atoms with van der Waals surface area (Å²) in [5, 5.41) is 3.08. The van der Waals surface area contributed by atoms with Crippen LogP contribution in [0.2, 0.25) is 0 Å². The normalized spacial score (nSPS) is 11.6. The van der Waals surface area contributed by atoms with Crippen LogP contribution in [-0.4, -0.2) is 56.0 Å². The molecule has 0 aliphatic rings. The summed E-state index contributed by atoms with van der Waals surface area (Å²) >= 11 is 1.12. The largest absolute Gasteiger partial charge is 0.573 e. The van der Waals surface area contributed by atoms with Crippen molar-refractivity contribution < 1.29 is 22.7 Å². The van der Waals surface area contributed by atoms with E-state index in [0.717, 1.165) is 11.3 Å². The van der Waals surface area contributed by atoms with Crippen LogP contribution in [0.1, 0.15) is 0 Å². The number of benzene rings is 1. The Bertz CT molecular complexity index is 776. The monoisotopic (exact) mass is 388 g/mol. The molecule has 1 aromatic heterocycles. The van der Waals surface area contributed by atoms with Crippen molar-refractivity contribution in [2.75, 3.05) is 38.6 Å². The molecule has 0 unspecified atom stereocenters. The molecule has 0 aliphatic carbocycles. The van der Waals surface area contributed by atoms with Gasteiger partial charge in [-0.25, -0.2) is 9.78 Å². The number of thiazole rings is 1. The van der Waals surface area contributed by atoms with Gasteiger partial charge in [-0.1, -0.05) is 17.4 Å². The number of rotatable bonds is 7. The lowest BCUT2D eigenvalue weighted by Crippen LogP contribution is -2.43. The summed E-state index contributed by atoms with van der Waals surface area (Å²) in [5.74, 6) is -0.323. The number of hydrogen-bond acceptors (Lipinski definition) is 5. The van der Waals surface area contributed by atoms with Gasteiger partial charge in [0.05, 0.1) is 10.2 Å². The standard InChI is InChI=1S/C16H19F3N4O2S/c1-4-7-20-14(24)23(9-8-22(2)3)15-21-12-6-5-11(10-13(12)26-15)25-16(17,18)19/h4-6,10H,1,7-9H2,2-3H3,(H,20,24). The molecule has 2 amide bonds. The molecule has 0 atom stereocenters. The predicted octanol–water partition coefficient (Wildman–Crippen LogP) is 3.46. The van der Waals surface area contributed by atoms with Crippen molar-refractivity contribution in [1.82, 2.24) is 15.2 Å². The van der Waals surface area contributed by atoms with Crippen LogP contribution < -0.4 is 15.0 Å². The van der Waals surface area contributed by atoms with Gasteiger partial charge in [-0.2, -0.15) is 0 Å². The highest BCUT2D eigenvalue weighted by molar-refractivity contribution is 7.22. The second-order valence-electron chi connectivity index (χ2n) is 5.60. The predicted molar refractivity (Wildman–Crippen MR) is 95.8 cm³/mol. The van der Waals surface area contributed by atoms with E-state index in [-0.39, 0.29) is 11.8 Å². The first-order valence-corrected chi connectivity index (χ1v) is 8.48. The molecule has 1 heterocycles. The van der Waals surface area contributed by atoms with Crippen molar-refractivity contribution in [2.45, 2.75) is 6.36 Å². The Balaban J connectivity index is 2.29. The van der Waals surface area contributed by atoms with Crippen LogP contribution in [0.5, 0.6) is 5.75 Å². The lowest BCUT2D eigenvalue weighted by Gasteiger charge is -2.21. The number of carbonyl (C=O) groups is 1. The summed E-state index contributed by atoms with van der Waals surface area (Å²) in [6.45, 7) is 4.82. The van der Waals surface area contributed by atoms with Gasteiger partial charge in [0.2, 0.25) is 0 Å². The fourth-order valence-electron chi connectivity index (χ4n) is 2.04. The van der Waals surface area contributed by atoms with E-state index in [9.17, 15) is 18.0 Å². The number of aromatic nitrogens is 1. The third-order valence-corrected chi connectivity index (χ3v) is 4.27. The van der Waals surface area contributed by atoms with Crippen LogP contribution in [0.15, 0.2) is 30.9 Å². The molecule has 0 aliphatic heterocycles. The molecule has 10 heteroatoms. The van der Waals surface area contributed by atoms with E-state index in [2.05, 4.69) is 21.6 Å². The molecule has 0 bridgehead atoms. The molecule has 2 rings (SSSR count).